The van der Waals surface area contributed by atoms with Crippen LogP contribution in [0.4, 0.5) is 10.5 Å². The molecule has 220 valence electrons. The van der Waals surface area contributed by atoms with Gasteiger partial charge in [0.2, 0.25) is 11.8 Å². The number of ether oxygens (including phenoxy) is 1. The third-order valence-corrected chi connectivity index (χ3v) is 6.65. The molecule has 9 nitrogen and oxygen atoms in total. The van der Waals surface area contributed by atoms with Gasteiger partial charge < -0.3 is 26.0 Å². The van der Waals surface area contributed by atoms with Gasteiger partial charge in [-0.25, -0.2) is 4.79 Å². The molecule has 0 heterocycles. The Morgan fingerprint density at radius 2 is 1.64 bits per heavy atom. The van der Waals surface area contributed by atoms with E-state index in [1.807, 2.05) is 43.3 Å². The lowest BCUT2D eigenvalue weighted by Gasteiger charge is -2.38. The number of carbonyl (C=O) groups is 4. The number of nitrogens with two attached hydrogens (primary N) is 1. The molecular formula is C33H38N4O5. The molecule has 42 heavy (non-hydrogen) atoms. The first-order valence-electron chi connectivity index (χ1n) is 13.8. The first-order valence-corrected chi connectivity index (χ1v) is 13.8. The lowest BCUT2D eigenvalue weighted by molar-refractivity contribution is -0.144. The van der Waals surface area contributed by atoms with Crippen LogP contribution in [-0.2, 0) is 19.1 Å². The summed E-state index contributed by atoms with van der Waals surface area (Å²) in [6, 6.07) is 17.0. The van der Waals surface area contributed by atoms with Gasteiger partial charge in [0, 0.05) is 17.3 Å². The Kier molecular flexibility index (Phi) is 10.3. The molecule has 0 aliphatic carbocycles. The molecule has 3 atom stereocenters. The highest BCUT2D eigenvalue weighted by atomic mass is 16.6. The number of nitrogens with zero attached hydrogens (tertiary/aromatic N) is 1. The first-order chi connectivity index (χ1) is 19.8. The van der Waals surface area contributed by atoms with E-state index in [4.69, 9.17) is 16.9 Å². The van der Waals surface area contributed by atoms with Crippen molar-refractivity contribution in [3.05, 3.63) is 77.9 Å². The monoisotopic (exact) mass is 570 g/mol. The van der Waals surface area contributed by atoms with Crippen LogP contribution in [0.3, 0.4) is 0 Å². The van der Waals surface area contributed by atoms with E-state index < -0.39 is 54.0 Å². The highest BCUT2D eigenvalue weighted by Gasteiger charge is 2.39. The quantitative estimate of drug-likeness (QED) is 0.299. The Morgan fingerprint density at radius 3 is 2.21 bits per heavy atom. The number of carbonyl (C=O) groups excluding carboxylic acids is 4. The van der Waals surface area contributed by atoms with Crippen LogP contribution < -0.4 is 16.4 Å². The zero-order chi connectivity index (χ0) is 31.0. The van der Waals surface area contributed by atoms with Crippen molar-refractivity contribution in [2.24, 2.45) is 5.73 Å². The van der Waals surface area contributed by atoms with Crippen molar-refractivity contribution in [3.8, 4) is 12.3 Å². The predicted octanol–water partition coefficient (Wildman–Crippen LogP) is 4.90. The fourth-order valence-corrected chi connectivity index (χ4v) is 4.50. The van der Waals surface area contributed by atoms with E-state index in [1.54, 1.807) is 58.0 Å². The number of alkyl carbamates (subject to hydrolysis) is 1. The molecule has 3 unspecified atom stereocenters. The summed E-state index contributed by atoms with van der Waals surface area (Å²) in [5, 5.41) is 7.38. The minimum absolute atomic E-state index is 0.476. The van der Waals surface area contributed by atoms with Crippen LogP contribution in [0.5, 0.6) is 0 Å². The van der Waals surface area contributed by atoms with Crippen LogP contribution in [0.15, 0.2) is 66.7 Å². The van der Waals surface area contributed by atoms with Crippen LogP contribution in [0.2, 0.25) is 0 Å². The topological polar surface area (TPSA) is 131 Å². The van der Waals surface area contributed by atoms with Crippen LogP contribution in [0.1, 0.15) is 64.6 Å². The van der Waals surface area contributed by atoms with Gasteiger partial charge in [-0.1, -0.05) is 55.3 Å². The van der Waals surface area contributed by atoms with Crippen LogP contribution in [-0.4, -0.2) is 46.4 Å². The maximum absolute atomic E-state index is 14.2. The number of anilines is 1. The van der Waals surface area contributed by atoms with Crippen LogP contribution in [0, 0.1) is 12.3 Å². The molecule has 4 N–H and O–H groups in total. The third kappa shape index (κ3) is 8.33. The zero-order valence-electron chi connectivity index (χ0n) is 24.6. The summed E-state index contributed by atoms with van der Waals surface area (Å²) in [4.78, 5) is 54.3. The Bertz CT molecular complexity index is 1490. The van der Waals surface area contributed by atoms with Gasteiger partial charge in [0.25, 0.3) is 5.91 Å². The molecule has 9 heteroatoms. The number of fused-ring (bicyclic) bond motifs is 1. The molecule has 0 radical (unpaired) electrons. The molecule has 3 rings (SSSR count). The highest BCUT2D eigenvalue weighted by molar-refractivity contribution is 6.01. The summed E-state index contributed by atoms with van der Waals surface area (Å²) < 4.78 is 5.33. The Hall–Kier alpha value is -4.84. The number of benzene rings is 3. The Morgan fingerprint density at radius 1 is 1.00 bits per heavy atom. The largest absolute Gasteiger partial charge is 0.444 e. The second-order valence-electron chi connectivity index (χ2n) is 11.1. The van der Waals surface area contributed by atoms with Gasteiger partial charge in [0.05, 0.1) is 6.42 Å². The first kappa shape index (κ1) is 31.7. The molecule has 0 saturated carbocycles. The Balaban J connectivity index is 2.07. The fourth-order valence-electron chi connectivity index (χ4n) is 4.50. The number of hydrogen-bond donors (Lipinski definition) is 3. The molecule has 0 aliphatic rings. The smallest absolute Gasteiger partial charge is 0.408 e. The summed E-state index contributed by atoms with van der Waals surface area (Å²) >= 11 is 0. The maximum Gasteiger partial charge on any atom is 0.408 e. The van der Waals surface area contributed by atoms with Crippen LogP contribution in [0.25, 0.3) is 10.8 Å². The SMILES string of the molecule is C#Cc1ccc(C(C(=O)Nc2ccc3ccccc3c2)N(C(=O)C(CC(N)=O)NC(=O)OC(C)(C)C)C(C)CC)cc1. The predicted molar refractivity (Wildman–Crippen MR) is 163 cm³/mol. The van der Waals surface area contributed by atoms with E-state index in [1.165, 1.54) is 4.90 Å². The van der Waals surface area contributed by atoms with Gasteiger partial charge in [0.15, 0.2) is 0 Å². The summed E-state index contributed by atoms with van der Waals surface area (Å²) in [5.41, 5.74) is 6.27. The van der Waals surface area contributed by atoms with Crippen molar-refractivity contribution in [3.63, 3.8) is 0 Å². The minimum atomic E-state index is -1.37. The fraction of sp³-hybridized carbons (Fsp3) is 0.333. The molecule has 0 saturated heterocycles. The maximum atomic E-state index is 14.2. The van der Waals surface area contributed by atoms with Gasteiger partial charge >= 0.3 is 6.09 Å². The minimum Gasteiger partial charge on any atom is -0.444 e. The normalized spacial score (nSPS) is 13.2. The standard InChI is InChI=1S/C33H38N4O5/c1-7-21(3)37(31(40)27(20-28(34)38)36-32(41)42-33(4,5)6)29(24-15-13-22(8-2)14-16-24)30(39)35-26-18-17-23-11-9-10-12-25(23)19-26/h2,9-19,21,27,29H,7,20H2,1,3-6H3,(H2,34,38)(H,35,39)(H,36,41). The second kappa shape index (κ2) is 13.7. The van der Waals surface area contributed by atoms with Gasteiger partial charge in [-0.15, -0.1) is 6.42 Å². The van der Waals surface area contributed by atoms with E-state index in [0.717, 1.165) is 10.8 Å². The third-order valence-electron chi connectivity index (χ3n) is 6.65. The summed E-state index contributed by atoms with van der Waals surface area (Å²) in [7, 11) is 0. The summed E-state index contributed by atoms with van der Waals surface area (Å²) in [6.07, 6.45) is 4.65. The lowest BCUT2D eigenvalue weighted by Crippen LogP contribution is -2.55. The van der Waals surface area contributed by atoms with Crippen molar-refractivity contribution in [2.75, 3.05) is 5.32 Å². The molecule has 0 fully saturated rings. The van der Waals surface area contributed by atoms with Crippen molar-refractivity contribution >= 4 is 40.3 Å². The average Bonchev–Trinajstić information content (AvgIpc) is 2.93. The molecule has 0 bridgehead atoms. The molecule has 3 aromatic carbocycles. The lowest BCUT2D eigenvalue weighted by atomic mass is 9.98. The number of hydrogen-bond acceptors (Lipinski definition) is 5. The number of primary amides is 1. The van der Waals surface area contributed by atoms with Gasteiger partial charge in [0.1, 0.15) is 17.7 Å². The van der Waals surface area contributed by atoms with E-state index in [2.05, 4.69) is 16.6 Å². The van der Waals surface area contributed by atoms with Crippen molar-refractivity contribution in [1.29, 1.82) is 0 Å². The van der Waals surface area contributed by atoms with Gasteiger partial charge in [-0.3, -0.25) is 14.4 Å². The van der Waals surface area contributed by atoms with Crippen molar-refractivity contribution in [2.45, 2.75) is 71.2 Å². The van der Waals surface area contributed by atoms with Gasteiger partial charge in [-0.2, -0.15) is 0 Å². The van der Waals surface area contributed by atoms with E-state index >= 15 is 0 Å². The zero-order valence-corrected chi connectivity index (χ0v) is 24.6. The van der Waals surface area contributed by atoms with Crippen molar-refractivity contribution < 1.29 is 23.9 Å². The Labute approximate surface area is 246 Å². The molecule has 0 spiro atoms. The van der Waals surface area contributed by atoms with E-state index in [9.17, 15) is 19.2 Å². The number of terminal acetylenes is 1. The van der Waals surface area contributed by atoms with E-state index in [0.29, 0.717) is 23.2 Å². The van der Waals surface area contributed by atoms with E-state index in [-0.39, 0.29) is 0 Å². The molecule has 0 aliphatic heterocycles. The molecule has 0 aromatic heterocycles. The number of amides is 4. The molecule has 4 amide bonds. The van der Waals surface area contributed by atoms with Crippen LogP contribution >= 0.6 is 0 Å². The number of rotatable bonds is 10. The molecule has 3 aromatic rings. The summed E-state index contributed by atoms with van der Waals surface area (Å²) in [5.74, 6) is 0.607. The second-order valence-corrected chi connectivity index (χ2v) is 11.1. The highest BCUT2D eigenvalue weighted by Crippen LogP contribution is 2.29. The van der Waals surface area contributed by atoms with Crippen molar-refractivity contribution in [1.82, 2.24) is 10.2 Å². The number of nitrogens with one attached hydrogen (secondary N) is 2. The summed E-state index contributed by atoms with van der Waals surface area (Å²) in [6.45, 7) is 8.69. The van der Waals surface area contributed by atoms with Gasteiger partial charge in [-0.05, 0) is 74.7 Å². The molecular weight excluding hydrogens is 532 g/mol. The average molecular weight is 571 g/mol.